The first-order valence-corrected chi connectivity index (χ1v) is 13.1. The SMILES string of the molecule is COc1cc2oc(-c3ccc(O)cc3)cc(=O)c2c(O)c1[C@@H]1OC(CO)[C@@H](O)[C@H](O)C1O[C@@H]1OC(C)[C@H](O)[C@H](O)C1O. The van der Waals surface area contributed by atoms with Crippen LogP contribution in [0, 0.1) is 0 Å². The summed E-state index contributed by atoms with van der Waals surface area (Å²) in [4.78, 5) is 13.3. The Morgan fingerprint density at radius 1 is 0.881 bits per heavy atom. The van der Waals surface area contributed by atoms with Crippen molar-refractivity contribution in [2.75, 3.05) is 13.7 Å². The molecule has 42 heavy (non-hydrogen) atoms. The molecule has 0 spiro atoms. The van der Waals surface area contributed by atoms with Gasteiger partial charge in [-0.3, -0.25) is 4.79 Å². The molecule has 0 aliphatic carbocycles. The van der Waals surface area contributed by atoms with E-state index in [9.17, 15) is 45.6 Å². The Morgan fingerprint density at radius 2 is 1.57 bits per heavy atom. The number of methoxy groups -OCH3 is 1. The molecule has 10 atom stereocenters. The Balaban J connectivity index is 1.61. The van der Waals surface area contributed by atoms with Crippen LogP contribution in [0.4, 0.5) is 0 Å². The van der Waals surface area contributed by atoms with Crippen LogP contribution in [0.2, 0.25) is 0 Å². The number of fused-ring (bicyclic) bond motifs is 1. The van der Waals surface area contributed by atoms with Crippen LogP contribution in [0.1, 0.15) is 18.6 Å². The molecule has 0 amide bonds. The summed E-state index contributed by atoms with van der Waals surface area (Å²) in [5, 5.41) is 83.0. The topological polar surface area (TPSA) is 229 Å². The maximum atomic E-state index is 13.3. The minimum atomic E-state index is -1.80. The molecule has 8 N–H and O–H groups in total. The second-order valence-electron chi connectivity index (χ2n) is 10.3. The van der Waals surface area contributed by atoms with Gasteiger partial charge in [0.2, 0.25) is 0 Å². The van der Waals surface area contributed by atoms with E-state index in [0.29, 0.717) is 5.56 Å². The van der Waals surface area contributed by atoms with E-state index in [-0.39, 0.29) is 33.8 Å². The lowest BCUT2D eigenvalue weighted by Gasteiger charge is -2.46. The van der Waals surface area contributed by atoms with Crippen LogP contribution in [0.15, 0.2) is 45.6 Å². The van der Waals surface area contributed by atoms with E-state index in [1.807, 2.05) is 0 Å². The highest BCUT2D eigenvalue weighted by Gasteiger charge is 2.51. The number of aliphatic hydroxyl groups is 6. The zero-order chi connectivity index (χ0) is 30.5. The van der Waals surface area contributed by atoms with Crippen molar-refractivity contribution >= 4 is 11.0 Å². The number of hydrogen-bond donors (Lipinski definition) is 8. The van der Waals surface area contributed by atoms with Crippen molar-refractivity contribution in [3.8, 4) is 28.6 Å². The monoisotopic (exact) mass is 592 g/mol. The summed E-state index contributed by atoms with van der Waals surface area (Å²) in [5.41, 5.74) is -0.477. The lowest BCUT2D eigenvalue weighted by molar-refractivity contribution is -0.338. The van der Waals surface area contributed by atoms with Gasteiger partial charge in [-0.15, -0.1) is 0 Å². The summed E-state index contributed by atoms with van der Waals surface area (Å²) in [6.07, 6.45) is -15.6. The molecule has 2 aliphatic rings. The third-order valence-electron chi connectivity index (χ3n) is 7.62. The molecular formula is C28H32O14. The molecule has 14 nitrogen and oxygen atoms in total. The van der Waals surface area contributed by atoms with Gasteiger partial charge < -0.3 is 64.2 Å². The van der Waals surface area contributed by atoms with E-state index in [0.717, 1.165) is 6.07 Å². The molecule has 4 unspecified atom stereocenters. The lowest BCUT2D eigenvalue weighted by Crippen LogP contribution is -2.61. The molecule has 228 valence electrons. The van der Waals surface area contributed by atoms with Gasteiger partial charge >= 0.3 is 0 Å². The maximum Gasteiger partial charge on any atom is 0.197 e. The Labute approximate surface area is 238 Å². The van der Waals surface area contributed by atoms with Crippen molar-refractivity contribution < 1.29 is 64.2 Å². The van der Waals surface area contributed by atoms with Gasteiger partial charge in [0.1, 0.15) is 82.8 Å². The largest absolute Gasteiger partial charge is 0.508 e. The van der Waals surface area contributed by atoms with Gasteiger partial charge in [0.05, 0.1) is 25.4 Å². The molecule has 0 radical (unpaired) electrons. The number of phenols is 2. The molecule has 2 fully saturated rings. The fourth-order valence-electron chi connectivity index (χ4n) is 5.26. The van der Waals surface area contributed by atoms with Crippen molar-refractivity contribution in [3.05, 3.63) is 52.2 Å². The van der Waals surface area contributed by atoms with E-state index < -0.39 is 79.0 Å². The lowest BCUT2D eigenvalue weighted by atomic mass is 9.89. The number of benzene rings is 2. The van der Waals surface area contributed by atoms with Crippen LogP contribution in [-0.4, -0.2) is 110 Å². The van der Waals surface area contributed by atoms with Crippen molar-refractivity contribution in [3.63, 3.8) is 0 Å². The summed E-state index contributed by atoms with van der Waals surface area (Å²) in [6.45, 7) is 0.669. The molecule has 3 aromatic rings. The van der Waals surface area contributed by atoms with Crippen LogP contribution < -0.4 is 10.2 Å². The third kappa shape index (κ3) is 5.21. The molecule has 2 aliphatic heterocycles. The minimum absolute atomic E-state index is 0.00915. The highest BCUT2D eigenvalue weighted by molar-refractivity contribution is 5.88. The molecule has 5 rings (SSSR count). The van der Waals surface area contributed by atoms with E-state index in [1.165, 1.54) is 44.4 Å². The van der Waals surface area contributed by atoms with Gasteiger partial charge in [0.25, 0.3) is 0 Å². The molecular weight excluding hydrogens is 560 g/mol. The van der Waals surface area contributed by atoms with Crippen LogP contribution in [0.3, 0.4) is 0 Å². The summed E-state index contributed by atoms with van der Waals surface area (Å²) in [7, 11) is 1.26. The predicted molar refractivity (Wildman–Crippen MR) is 142 cm³/mol. The normalized spacial score (nSPS) is 33.5. The minimum Gasteiger partial charge on any atom is -0.508 e. The molecule has 3 heterocycles. The first-order valence-electron chi connectivity index (χ1n) is 13.1. The predicted octanol–water partition coefficient (Wildman–Crippen LogP) is -0.754. The Bertz CT molecular complexity index is 1470. The standard InChI is InChI=1S/C28H32O14/c1-10-20(32)23(35)25(37)28(39-10)42-27-24(36)21(33)17(9-29)41-26(27)19-15(38-2)8-16-18(22(19)34)13(31)7-14(40-16)11-3-5-12(30)6-4-11/h3-8,10,17,20-21,23-30,32-37H,9H2,1-2H3/t10?,17?,20-,21+,23-,24-,25?,26-,27?,28-/m0/s1. The smallest absolute Gasteiger partial charge is 0.197 e. The van der Waals surface area contributed by atoms with Gasteiger partial charge in [-0.25, -0.2) is 0 Å². The first kappa shape index (κ1) is 30.2. The molecule has 0 saturated carbocycles. The summed E-state index contributed by atoms with van der Waals surface area (Å²) < 4.78 is 28.5. The van der Waals surface area contributed by atoms with E-state index in [2.05, 4.69) is 0 Å². The molecule has 0 bridgehead atoms. The van der Waals surface area contributed by atoms with Gasteiger partial charge in [-0.2, -0.15) is 0 Å². The van der Waals surface area contributed by atoms with Crippen molar-refractivity contribution in [2.24, 2.45) is 0 Å². The van der Waals surface area contributed by atoms with E-state index in [4.69, 9.17) is 23.4 Å². The fraction of sp³-hybridized carbons (Fsp3) is 0.464. The third-order valence-corrected chi connectivity index (χ3v) is 7.62. The summed E-state index contributed by atoms with van der Waals surface area (Å²) in [6, 6.07) is 8.31. The molecule has 2 aromatic carbocycles. The average Bonchev–Trinajstić information content (AvgIpc) is 2.97. The number of aliphatic hydroxyl groups excluding tert-OH is 6. The fourth-order valence-corrected chi connectivity index (χ4v) is 5.26. The van der Waals surface area contributed by atoms with Crippen molar-refractivity contribution in [1.82, 2.24) is 0 Å². The zero-order valence-electron chi connectivity index (χ0n) is 22.5. The van der Waals surface area contributed by atoms with Gasteiger partial charge in [-0.1, -0.05) is 0 Å². The second-order valence-corrected chi connectivity index (χ2v) is 10.3. The van der Waals surface area contributed by atoms with Crippen LogP contribution in [-0.2, 0) is 14.2 Å². The van der Waals surface area contributed by atoms with Crippen molar-refractivity contribution in [1.29, 1.82) is 0 Å². The van der Waals surface area contributed by atoms with Crippen LogP contribution in [0.25, 0.3) is 22.3 Å². The van der Waals surface area contributed by atoms with Gasteiger partial charge in [0, 0.05) is 17.7 Å². The second kappa shape index (κ2) is 11.8. The average molecular weight is 593 g/mol. The van der Waals surface area contributed by atoms with E-state index >= 15 is 0 Å². The maximum absolute atomic E-state index is 13.3. The number of ether oxygens (including phenoxy) is 4. The van der Waals surface area contributed by atoms with Crippen LogP contribution in [0.5, 0.6) is 17.2 Å². The molecule has 14 heteroatoms. The number of hydrogen-bond acceptors (Lipinski definition) is 14. The van der Waals surface area contributed by atoms with Crippen LogP contribution >= 0.6 is 0 Å². The number of aromatic hydroxyl groups is 2. The highest BCUT2D eigenvalue weighted by atomic mass is 16.7. The highest BCUT2D eigenvalue weighted by Crippen LogP contribution is 2.46. The Kier molecular flexibility index (Phi) is 8.44. The van der Waals surface area contributed by atoms with Gasteiger partial charge in [-0.05, 0) is 31.2 Å². The quantitative estimate of drug-likeness (QED) is 0.176. The summed E-state index contributed by atoms with van der Waals surface area (Å²) >= 11 is 0. The Hall–Kier alpha value is -3.31. The number of phenolic OH excluding ortho intramolecular Hbond substituents is 2. The van der Waals surface area contributed by atoms with Crippen molar-refractivity contribution in [2.45, 2.75) is 68.1 Å². The Morgan fingerprint density at radius 3 is 2.21 bits per heavy atom. The van der Waals surface area contributed by atoms with E-state index in [1.54, 1.807) is 0 Å². The summed E-state index contributed by atoms with van der Waals surface area (Å²) in [5.74, 6) is -0.606. The molecule has 1 aromatic heterocycles. The first-order chi connectivity index (χ1) is 20.0. The molecule has 2 saturated heterocycles. The zero-order valence-corrected chi connectivity index (χ0v) is 22.5. The van der Waals surface area contributed by atoms with Gasteiger partial charge in [0.15, 0.2) is 11.7 Å². The number of rotatable bonds is 6.